The van der Waals surface area contributed by atoms with Gasteiger partial charge in [0.2, 0.25) is 5.91 Å². The fourth-order valence-electron chi connectivity index (χ4n) is 3.45. The lowest BCUT2D eigenvalue weighted by Gasteiger charge is -2.29. The molecule has 1 aromatic carbocycles. The number of rotatable bonds is 7. The van der Waals surface area contributed by atoms with Crippen LogP contribution in [0.25, 0.3) is 0 Å². The number of carbonyl (C=O) groups excluding carboxylic acids is 3. The number of ether oxygens (including phenoxy) is 1. The predicted molar refractivity (Wildman–Crippen MR) is 103 cm³/mol. The molecule has 3 rings (SSSR count). The Hall–Kier alpha value is -2.63. The van der Waals surface area contributed by atoms with E-state index in [1.807, 2.05) is 0 Å². The van der Waals surface area contributed by atoms with Gasteiger partial charge in [0.25, 0.3) is 5.91 Å². The van der Waals surface area contributed by atoms with E-state index < -0.39 is 0 Å². The Morgan fingerprint density at radius 2 is 2.11 bits per heavy atom. The molecule has 0 saturated heterocycles. The minimum absolute atomic E-state index is 0.0130. The van der Waals surface area contributed by atoms with Crippen LogP contribution in [0.3, 0.4) is 0 Å². The molecule has 2 amide bonds. The SMILES string of the molecule is CCC(=O)c1ccc2c(c1)N(CC(=O)NCCC1=CCCCC1)C(=O)CO2. The molecule has 144 valence electrons. The summed E-state index contributed by atoms with van der Waals surface area (Å²) >= 11 is 0. The Balaban J connectivity index is 1.63. The molecule has 0 bridgehead atoms. The maximum atomic E-state index is 12.4. The Labute approximate surface area is 159 Å². The second-order valence-electron chi connectivity index (χ2n) is 6.94. The first-order valence-electron chi connectivity index (χ1n) is 9.63. The van der Waals surface area contributed by atoms with E-state index in [1.54, 1.807) is 25.1 Å². The van der Waals surface area contributed by atoms with Crippen molar-refractivity contribution in [3.05, 3.63) is 35.4 Å². The Morgan fingerprint density at radius 3 is 2.85 bits per heavy atom. The van der Waals surface area contributed by atoms with Crippen molar-refractivity contribution in [2.45, 2.75) is 45.4 Å². The predicted octanol–water partition coefficient (Wildman–Crippen LogP) is 3.01. The molecule has 0 radical (unpaired) electrons. The van der Waals surface area contributed by atoms with Crippen LogP contribution < -0.4 is 15.0 Å². The van der Waals surface area contributed by atoms with Gasteiger partial charge in [-0.25, -0.2) is 0 Å². The highest BCUT2D eigenvalue weighted by atomic mass is 16.5. The van der Waals surface area contributed by atoms with Crippen LogP contribution in [0.15, 0.2) is 29.8 Å². The van der Waals surface area contributed by atoms with E-state index in [2.05, 4.69) is 11.4 Å². The number of nitrogens with one attached hydrogen (secondary N) is 1. The molecule has 6 heteroatoms. The van der Waals surface area contributed by atoms with Crippen LogP contribution in [-0.4, -0.2) is 37.3 Å². The molecule has 1 heterocycles. The fraction of sp³-hybridized carbons (Fsp3) is 0.476. The number of fused-ring (bicyclic) bond motifs is 1. The van der Waals surface area contributed by atoms with Crippen molar-refractivity contribution in [1.29, 1.82) is 0 Å². The van der Waals surface area contributed by atoms with Crippen molar-refractivity contribution in [2.24, 2.45) is 0 Å². The fourth-order valence-corrected chi connectivity index (χ4v) is 3.45. The number of hydrogen-bond acceptors (Lipinski definition) is 4. The molecule has 0 fully saturated rings. The number of hydrogen-bond donors (Lipinski definition) is 1. The van der Waals surface area contributed by atoms with E-state index in [0.29, 0.717) is 30.0 Å². The number of benzene rings is 1. The minimum Gasteiger partial charge on any atom is -0.482 e. The summed E-state index contributed by atoms with van der Waals surface area (Å²) in [6, 6.07) is 5.01. The first-order chi connectivity index (χ1) is 13.1. The van der Waals surface area contributed by atoms with Crippen LogP contribution in [-0.2, 0) is 9.59 Å². The Bertz CT molecular complexity index is 769. The van der Waals surface area contributed by atoms with Crippen LogP contribution in [0.1, 0.15) is 55.8 Å². The van der Waals surface area contributed by atoms with Crippen molar-refractivity contribution in [1.82, 2.24) is 5.32 Å². The number of carbonyl (C=O) groups is 3. The van der Waals surface area contributed by atoms with E-state index in [9.17, 15) is 14.4 Å². The van der Waals surface area contributed by atoms with Crippen LogP contribution in [0.5, 0.6) is 5.75 Å². The molecule has 1 aliphatic heterocycles. The van der Waals surface area contributed by atoms with Gasteiger partial charge < -0.3 is 10.1 Å². The molecule has 0 unspecified atom stereocenters. The van der Waals surface area contributed by atoms with Crippen molar-refractivity contribution >= 4 is 23.3 Å². The lowest BCUT2D eigenvalue weighted by molar-refractivity contribution is -0.125. The molecule has 1 aliphatic carbocycles. The lowest BCUT2D eigenvalue weighted by atomic mass is 9.97. The Kier molecular flexibility index (Phi) is 6.27. The van der Waals surface area contributed by atoms with Gasteiger partial charge in [-0.1, -0.05) is 18.6 Å². The molecule has 2 aliphatic rings. The largest absolute Gasteiger partial charge is 0.482 e. The zero-order valence-electron chi connectivity index (χ0n) is 15.8. The van der Waals surface area contributed by atoms with Crippen LogP contribution in [0, 0.1) is 0 Å². The summed E-state index contributed by atoms with van der Waals surface area (Å²) in [5.74, 6) is 0.0111. The van der Waals surface area contributed by atoms with Crippen molar-refractivity contribution in [3.8, 4) is 5.75 Å². The third-order valence-electron chi connectivity index (χ3n) is 5.00. The molecule has 0 atom stereocenters. The highest BCUT2D eigenvalue weighted by Gasteiger charge is 2.28. The van der Waals surface area contributed by atoms with Crippen LogP contribution >= 0.6 is 0 Å². The molecule has 1 aromatic rings. The molecule has 1 N–H and O–H groups in total. The van der Waals surface area contributed by atoms with Gasteiger partial charge in [-0.05, 0) is 50.3 Å². The maximum absolute atomic E-state index is 12.4. The van der Waals surface area contributed by atoms with E-state index in [0.717, 1.165) is 19.3 Å². The second kappa shape index (κ2) is 8.84. The minimum atomic E-state index is -0.284. The van der Waals surface area contributed by atoms with E-state index in [1.165, 1.54) is 23.3 Å². The van der Waals surface area contributed by atoms with Crippen molar-refractivity contribution in [3.63, 3.8) is 0 Å². The van der Waals surface area contributed by atoms with E-state index in [-0.39, 0.29) is 30.7 Å². The summed E-state index contributed by atoms with van der Waals surface area (Å²) < 4.78 is 5.43. The summed E-state index contributed by atoms with van der Waals surface area (Å²) in [5, 5.41) is 2.90. The monoisotopic (exact) mass is 370 g/mol. The number of ketones is 1. The standard InChI is InChI=1S/C21H26N2O4/c1-2-18(24)16-8-9-19-17(12-16)23(21(26)14-27-19)13-20(25)22-11-10-15-6-4-3-5-7-15/h6,8-9,12H,2-5,7,10-11,13-14H2,1H3,(H,22,25). The number of nitrogens with zero attached hydrogens (tertiary/aromatic N) is 1. The Morgan fingerprint density at radius 1 is 1.26 bits per heavy atom. The van der Waals surface area contributed by atoms with Gasteiger partial charge in [-0.2, -0.15) is 0 Å². The number of anilines is 1. The molecule has 0 saturated carbocycles. The summed E-state index contributed by atoms with van der Waals surface area (Å²) in [7, 11) is 0. The summed E-state index contributed by atoms with van der Waals surface area (Å²) in [6.45, 7) is 2.19. The van der Waals surface area contributed by atoms with Gasteiger partial charge in [0, 0.05) is 18.5 Å². The average molecular weight is 370 g/mol. The first kappa shape index (κ1) is 19.1. The quantitative estimate of drug-likeness (QED) is 0.591. The van der Waals surface area contributed by atoms with Gasteiger partial charge in [-0.15, -0.1) is 0 Å². The average Bonchev–Trinajstić information content (AvgIpc) is 2.70. The first-order valence-corrected chi connectivity index (χ1v) is 9.63. The molecule has 0 spiro atoms. The summed E-state index contributed by atoms with van der Waals surface area (Å²) in [4.78, 5) is 38.0. The molecular weight excluding hydrogens is 344 g/mol. The zero-order chi connectivity index (χ0) is 19.2. The highest BCUT2D eigenvalue weighted by Crippen LogP contribution is 2.33. The smallest absolute Gasteiger partial charge is 0.265 e. The van der Waals surface area contributed by atoms with Crippen LogP contribution in [0.4, 0.5) is 5.69 Å². The molecule has 6 nitrogen and oxygen atoms in total. The summed E-state index contributed by atoms with van der Waals surface area (Å²) in [5.41, 5.74) is 2.40. The van der Waals surface area contributed by atoms with Crippen molar-refractivity contribution < 1.29 is 19.1 Å². The topological polar surface area (TPSA) is 75.7 Å². The molecule has 27 heavy (non-hydrogen) atoms. The van der Waals surface area contributed by atoms with Gasteiger partial charge in [0.1, 0.15) is 12.3 Å². The maximum Gasteiger partial charge on any atom is 0.265 e. The van der Waals surface area contributed by atoms with Crippen molar-refractivity contribution in [2.75, 3.05) is 24.6 Å². The van der Waals surface area contributed by atoms with Gasteiger partial charge in [0.15, 0.2) is 12.4 Å². The number of Topliss-reactive ketones (excluding diaryl/α,β-unsaturated/α-hetero) is 1. The number of allylic oxidation sites excluding steroid dienone is 1. The van der Waals surface area contributed by atoms with Gasteiger partial charge in [0.05, 0.1) is 5.69 Å². The van der Waals surface area contributed by atoms with Gasteiger partial charge >= 0.3 is 0 Å². The summed E-state index contributed by atoms with van der Waals surface area (Å²) in [6.07, 6.45) is 8.21. The third kappa shape index (κ3) is 4.76. The zero-order valence-corrected chi connectivity index (χ0v) is 15.8. The highest BCUT2D eigenvalue weighted by molar-refractivity contribution is 6.04. The van der Waals surface area contributed by atoms with Crippen LogP contribution in [0.2, 0.25) is 0 Å². The molecular formula is C21H26N2O4. The van der Waals surface area contributed by atoms with E-state index in [4.69, 9.17) is 4.74 Å². The van der Waals surface area contributed by atoms with E-state index >= 15 is 0 Å². The molecule has 0 aromatic heterocycles. The third-order valence-corrected chi connectivity index (χ3v) is 5.00. The lowest BCUT2D eigenvalue weighted by Crippen LogP contribution is -2.45. The second-order valence-corrected chi connectivity index (χ2v) is 6.94. The van der Waals surface area contributed by atoms with Gasteiger partial charge in [-0.3, -0.25) is 19.3 Å². The number of amides is 2. The normalized spacial score (nSPS) is 16.3.